The van der Waals surface area contributed by atoms with E-state index in [9.17, 15) is 14.0 Å². The van der Waals surface area contributed by atoms with Gasteiger partial charge in [-0.3, -0.25) is 14.5 Å². The number of hydrogen-bond acceptors (Lipinski definition) is 5. The first kappa shape index (κ1) is 23.2. The Balaban J connectivity index is 1.82. The largest absolute Gasteiger partial charge is 0.490 e. The van der Waals surface area contributed by atoms with Crippen LogP contribution >= 0.6 is 23.4 Å². The van der Waals surface area contributed by atoms with E-state index in [4.69, 9.17) is 21.1 Å². The highest BCUT2D eigenvalue weighted by molar-refractivity contribution is 8.18. The molecule has 1 atom stereocenters. The zero-order chi connectivity index (χ0) is 22.5. The van der Waals surface area contributed by atoms with Crippen LogP contribution in [0.2, 0.25) is 5.02 Å². The Labute approximate surface area is 190 Å². The molecule has 1 heterocycles. The number of thioether (sulfide) groups is 1. The number of hydrogen-bond donors (Lipinski definition) is 0. The molecule has 31 heavy (non-hydrogen) atoms. The Kier molecular flexibility index (Phi) is 7.62. The summed E-state index contributed by atoms with van der Waals surface area (Å²) in [6.45, 7) is 6.34. The molecule has 1 aliphatic rings. The van der Waals surface area contributed by atoms with Crippen molar-refractivity contribution in [2.24, 2.45) is 0 Å². The first-order chi connectivity index (χ1) is 14.8. The van der Waals surface area contributed by atoms with Gasteiger partial charge in [-0.2, -0.15) is 0 Å². The summed E-state index contributed by atoms with van der Waals surface area (Å²) in [5.41, 5.74) is 1.21. The Morgan fingerprint density at radius 2 is 1.94 bits per heavy atom. The maximum absolute atomic E-state index is 13.3. The highest BCUT2D eigenvalue weighted by Gasteiger charge is 2.35. The first-order valence-corrected chi connectivity index (χ1v) is 11.1. The van der Waals surface area contributed by atoms with Crippen LogP contribution in [0.25, 0.3) is 6.08 Å². The van der Waals surface area contributed by atoms with Crippen LogP contribution in [-0.2, 0) is 11.3 Å². The normalized spacial score (nSPS) is 16.2. The fourth-order valence-electron chi connectivity index (χ4n) is 2.89. The maximum Gasteiger partial charge on any atom is 0.293 e. The van der Waals surface area contributed by atoms with Crippen molar-refractivity contribution in [3.8, 4) is 11.5 Å². The van der Waals surface area contributed by atoms with Gasteiger partial charge in [0.05, 0.1) is 24.2 Å². The number of halogens is 2. The third kappa shape index (κ3) is 5.60. The van der Waals surface area contributed by atoms with Crippen LogP contribution < -0.4 is 9.47 Å². The third-order valence-corrected chi connectivity index (χ3v) is 5.94. The molecule has 3 rings (SSSR count). The number of ether oxygens (including phenoxy) is 2. The standard InChI is InChI=1S/C23H23ClFNO4S/c1-4-14(3)30-19-9-6-15(10-20(19)29-5-2)11-21-22(27)26(23(28)31-21)13-16-7-8-17(25)12-18(16)24/h6-12,14H,4-5,13H2,1-3H3/b21-11+/t14-/m0/s1. The lowest BCUT2D eigenvalue weighted by atomic mass is 10.1. The van der Waals surface area contributed by atoms with Gasteiger partial charge in [-0.15, -0.1) is 0 Å². The number of imide groups is 1. The summed E-state index contributed by atoms with van der Waals surface area (Å²) in [6, 6.07) is 9.26. The molecular weight excluding hydrogens is 441 g/mol. The molecule has 0 saturated carbocycles. The fraction of sp³-hybridized carbons (Fsp3) is 0.304. The average Bonchev–Trinajstić information content (AvgIpc) is 2.99. The lowest BCUT2D eigenvalue weighted by molar-refractivity contribution is -0.123. The molecule has 2 aromatic rings. The number of carbonyl (C=O) groups is 2. The van der Waals surface area contributed by atoms with Gasteiger partial charge in [-0.05, 0) is 73.5 Å². The quantitative estimate of drug-likeness (QED) is 0.430. The smallest absolute Gasteiger partial charge is 0.293 e. The lowest BCUT2D eigenvalue weighted by Crippen LogP contribution is -2.27. The Hall–Kier alpha value is -2.51. The van der Waals surface area contributed by atoms with Crippen LogP contribution in [0.15, 0.2) is 41.3 Å². The van der Waals surface area contributed by atoms with Gasteiger partial charge >= 0.3 is 0 Å². The molecule has 1 aliphatic heterocycles. The molecule has 0 unspecified atom stereocenters. The van der Waals surface area contributed by atoms with Gasteiger partial charge in [-0.1, -0.05) is 30.7 Å². The van der Waals surface area contributed by atoms with Gasteiger partial charge in [0.2, 0.25) is 0 Å². The number of nitrogens with zero attached hydrogens (tertiary/aromatic N) is 1. The number of rotatable bonds is 8. The average molecular weight is 464 g/mol. The Morgan fingerprint density at radius 3 is 2.61 bits per heavy atom. The molecule has 2 aromatic carbocycles. The van der Waals surface area contributed by atoms with Crippen molar-refractivity contribution in [1.29, 1.82) is 0 Å². The van der Waals surface area contributed by atoms with Crippen molar-refractivity contribution in [2.75, 3.05) is 6.61 Å². The molecule has 5 nitrogen and oxygen atoms in total. The summed E-state index contributed by atoms with van der Waals surface area (Å²) in [5.74, 6) is 0.309. The van der Waals surface area contributed by atoms with Gasteiger partial charge < -0.3 is 9.47 Å². The van der Waals surface area contributed by atoms with Crippen molar-refractivity contribution in [2.45, 2.75) is 39.8 Å². The first-order valence-electron chi connectivity index (χ1n) is 9.95. The molecule has 164 valence electrons. The maximum atomic E-state index is 13.3. The highest BCUT2D eigenvalue weighted by atomic mass is 35.5. The second-order valence-corrected chi connectivity index (χ2v) is 8.38. The topological polar surface area (TPSA) is 55.8 Å². The summed E-state index contributed by atoms with van der Waals surface area (Å²) in [4.78, 5) is 26.6. The van der Waals surface area contributed by atoms with E-state index in [0.29, 0.717) is 34.1 Å². The molecule has 2 amide bonds. The monoisotopic (exact) mass is 463 g/mol. The van der Waals surface area contributed by atoms with Crippen LogP contribution in [0.3, 0.4) is 0 Å². The summed E-state index contributed by atoms with van der Waals surface area (Å²) in [5, 5.41) is -0.236. The summed E-state index contributed by atoms with van der Waals surface area (Å²) in [7, 11) is 0. The van der Waals surface area contributed by atoms with E-state index in [-0.39, 0.29) is 17.7 Å². The third-order valence-electron chi connectivity index (χ3n) is 4.69. The molecule has 1 fully saturated rings. The van der Waals surface area contributed by atoms with Crippen LogP contribution in [0.4, 0.5) is 9.18 Å². The molecule has 0 bridgehead atoms. The molecule has 8 heteroatoms. The number of amides is 2. The summed E-state index contributed by atoms with van der Waals surface area (Å²) >= 11 is 6.89. The van der Waals surface area contributed by atoms with Gasteiger partial charge in [0, 0.05) is 5.02 Å². The van der Waals surface area contributed by atoms with E-state index in [1.165, 1.54) is 12.1 Å². The predicted octanol–water partition coefficient (Wildman–Crippen LogP) is 6.29. The van der Waals surface area contributed by atoms with Crippen molar-refractivity contribution in [3.05, 3.63) is 63.3 Å². The lowest BCUT2D eigenvalue weighted by Gasteiger charge is -2.16. The molecule has 0 aromatic heterocycles. The van der Waals surface area contributed by atoms with E-state index >= 15 is 0 Å². The Bertz CT molecular complexity index is 1030. The minimum absolute atomic E-state index is 0.0208. The molecule has 0 aliphatic carbocycles. The van der Waals surface area contributed by atoms with Crippen LogP contribution in [0.5, 0.6) is 11.5 Å². The van der Waals surface area contributed by atoms with Crippen molar-refractivity contribution < 1.29 is 23.5 Å². The summed E-state index contributed by atoms with van der Waals surface area (Å²) < 4.78 is 24.8. The van der Waals surface area contributed by atoms with Crippen LogP contribution in [-0.4, -0.2) is 28.8 Å². The van der Waals surface area contributed by atoms with Crippen molar-refractivity contribution >= 4 is 40.6 Å². The van der Waals surface area contributed by atoms with Crippen LogP contribution in [0, 0.1) is 5.82 Å². The fourth-order valence-corrected chi connectivity index (χ4v) is 3.95. The zero-order valence-corrected chi connectivity index (χ0v) is 19.1. The highest BCUT2D eigenvalue weighted by Crippen LogP contribution is 2.36. The molecule has 0 N–H and O–H groups in total. The van der Waals surface area contributed by atoms with E-state index in [0.717, 1.165) is 29.1 Å². The van der Waals surface area contributed by atoms with E-state index in [2.05, 4.69) is 0 Å². The molecule has 1 saturated heterocycles. The minimum atomic E-state index is -0.478. The van der Waals surface area contributed by atoms with Crippen molar-refractivity contribution in [3.63, 3.8) is 0 Å². The van der Waals surface area contributed by atoms with E-state index in [1.807, 2.05) is 26.8 Å². The van der Waals surface area contributed by atoms with Gasteiger partial charge in [-0.25, -0.2) is 4.39 Å². The second-order valence-electron chi connectivity index (χ2n) is 6.98. The number of carbonyl (C=O) groups excluding carboxylic acids is 2. The zero-order valence-electron chi connectivity index (χ0n) is 17.5. The second kappa shape index (κ2) is 10.2. The van der Waals surface area contributed by atoms with E-state index in [1.54, 1.807) is 18.2 Å². The van der Waals surface area contributed by atoms with Gasteiger partial charge in [0.15, 0.2) is 11.5 Å². The predicted molar refractivity (Wildman–Crippen MR) is 121 cm³/mol. The van der Waals surface area contributed by atoms with Crippen molar-refractivity contribution in [1.82, 2.24) is 4.90 Å². The minimum Gasteiger partial charge on any atom is -0.490 e. The SMILES string of the molecule is CCOc1cc(/C=C2/SC(=O)N(Cc3ccc(F)cc3Cl)C2=O)ccc1O[C@@H](C)CC. The van der Waals surface area contributed by atoms with Gasteiger partial charge in [0.25, 0.3) is 11.1 Å². The van der Waals surface area contributed by atoms with Crippen LogP contribution in [0.1, 0.15) is 38.3 Å². The molecular formula is C23H23ClFNO4S. The van der Waals surface area contributed by atoms with Gasteiger partial charge in [0.1, 0.15) is 5.82 Å². The molecule has 0 spiro atoms. The summed E-state index contributed by atoms with van der Waals surface area (Å²) in [6.07, 6.45) is 2.55. The Morgan fingerprint density at radius 1 is 1.16 bits per heavy atom. The molecule has 0 radical (unpaired) electrons. The van der Waals surface area contributed by atoms with E-state index < -0.39 is 17.0 Å². The number of benzene rings is 2.